The molecule has 0 atom stereocenters. The third kappa shape index (κ3) is 17.6. The van der Waals surface area contributed by atoms with Crippen LogP contribution < -0.4 is 23.7 Å². The molecular weight excluding hydrogens is 982 g/mol. The molecule has 6 aromatic carbocycles. The van der Waals surface area contributed by atoms with Crippen LogP contribution in [-0.4, -0.2) is 43.6 Å². The Morgan fingerprint density at radius 2 is 0.831 bits per heavy atom. The molecular formula is C57H56Cl4N2O8. The lowest BCUT2D eigenvalue weighted by molar-refractivity contribution is 0.0725. The zero-order valence-electron chi connectivity index (χ0n) is 39.8. The topological polar surface area (TPSA) is 122 Å². The van der Waals surface area contributed by atoms with Crippen molar-refractivity contribution in [2.24, 2.45) is 9.98 Å². The highest BCUT2D eigenvalue weighted by Crippen LogP contribution is 2.38. The first-order valence-corrected chi connectivity index (χ1v) is 25.4. The van der Waals surface area contributed by atoms with Crippen LogP contribution in [0.1, 0.15) is 133 Å². The number of carbonyl (C=O) groups excluding carboxylic acids is 3. The van der Waals surface area contributed by atoms with Gasteiger partial charge in [-0.25, -0.2) is 14.4 Å². The maximum atomic E-state index is 13.1. The van der Waals surface area contributed by atoms with Crippen LogP contribution in [0.2, 0.25) is 20.1 Å². The standard InChI is InChI=1S/C57H56Cl4N2O8/c1-3-5-7-9-11-13-30-67-46-26-20-42(21-27-46)56(65)70-53-49(58)33-40(34-50(53)59)38-62-44-24-18-41(19-25-44)55(64)69-48-17-15-16-39(32-48)37-63-45-35-51(60)54(52(61)36-45)71-57(66)43-22-28-47(29-23-43)68-31-14-12-10-8-6-4-2/h15-29,32-38H,3-14,30-31H2,1-2H3. The Bertz CT molecular complexity index is 2720. The predicted molar refractivity (Wildman–Crippen MR) is 286 cm³/mol. The molecule has 71 heavy (non-hydrogen) atoms. The molecule has 6 rings (SSSR count). The minimum Gasteiger partial charge on any atom is -0.494 e. The van der Waals surface area contributed by atoms with Gasteiger partial charge < -0.3 is 23.7 Å². The first-order chi connectivity index (χ1) is 34.5. The Kier molecular flexibility index (Phi) is 21.8. The van der Waals surface area contributed by atoms with Gasteiger partial charge in [0.15, 0.2) is 11.5 Å². The molecule has 0 saturated heterocycles. The van der Waals surface area contributed by atoms with E-state index in [1.807, 2.05) is 0 Å². The number of halogens is 4. The Morgan fingerprint density at radius 3 is 1.32 bits per heavy atom. The highest BCUT2D eigenvalue weighted by molar-refractivity contribution is 6.38. The molecule has 0 saturated carbocycles. The second kappa shape index (κ2) is 28.6. The lowest BCUT2D eigenvalue weighted by Gasteiger charge is -2.10. The summed E-state index contributed by atoms with van der Waals surface area (Å²) >= 11 is 26.0. The number of hydrogen-bond donors (Lipinski definition) is 0. The smallest absolute Gasteiger partial charge is 0.343 e. The van der Waals surface area contributed by atoms with Crippen LogP contribution in [0.3, 0.4) is 0 Å². The van der Waals surface area contributed by atoms with E-state index in [1.54, 1.807) is 122 Å². The maximum Gasteiger partial charge on any atom is 0.343 e. The molecule has 0 bridgehead atoms. The molecule has 0 aliphatic rings. The number of aliphatic imine (C=N–C) groups is 2. The summed E-state index contributed by atoms with van der Waals surface area (Å²) in [4.78, 5) is 47.9. The SMILES string of the molecule is CCCCCCCCOc1ccc(C(=O)Oc2c(Cl)cc(C=Nc3ccc(C(=O)Oc4cccc(C=Nc5cc(Cl)c(OC(=O)c6ccc(OCCCCCCCC)cc6)c(Cl)c5)c4)cc3)cc2Cl)cc1. The second-order valence-corrected chi connectivity index (χ2v) is 18.3. The molecule has 0 spiro atoms. The lowest BCUT2D eigenvalue weighted by atomic mass is 10.1. The fraction of sp³-hybridized carbons (Fsp3) is 0.281. The van der Waals surface area contributed by atoms with Crippen LogP contribution in [0, 0.1) is 0 Å². The second-order valence-electron chi connectivity index (χ2n) is 16.6. The van der Waals surface area contributed by atoms with Crippen LogP contribution in [0.25, 0.3) is 0 Å². The zero-order chi connectivity index (χ0) is 50.4. The van der Waals surface area contributed by atoms with Gasteiger partial charge in [0.05, 0.1) is 61.4 Å². The van der Waals surface area contributed by atoms with Crippen LogP contribution >= 0.6 is 46.4 Å². The van der Waals surface area contributed by atoms with Crippen molar-refractivity contribution in [3.05, 3.63) is 169 Å². The van der Waals surface area contributed by atoms with Crippen molar-refractivity contribution >= 4 is 88.1 Å². The largest absolute Gasteiger partial charge is 0.494 e. The summed E-state index contributed by atoms with van der Waals surface area (Å²) in [5.74, 6) is -0.123. The van der Waals surface area contributed by atoms with Gasteiger partial charge in [-0.1, -0.05) is 137 Å². The summed E-state index contributed by atoms with van der Waals surface area (Å²) in [6, 6.07) is 33.0. The molecule has 0 unspecified atom stereocenters. The normalized spacial score (nSPS) is 11.2. The predicted octanol–water partition coefficient (Wildman–Crippen LogP) is 16.9. The highest BCUT2D eigenvalue weighted by atomic mass is 35.5. The van der Waals surface area contributed by atoms with Gasteiger partial charge in [0.2, 0.25) is 0 Å². The summed E-state index contributed by atoms with van der Waals surface area (Å²) in [6.45, 7) is 5.64. The molecule has 370 valence electrons. The van der Waals surface area contributed by atoms with E-state index in [-0.39, 0.29) is 31.6 Å². The quantitative estimate of drug-likeness (QED) is 0.0228. The van der Waals surface area contributed by atoms with Gasteiger partial charge in [0.1, 0.15) is 17.2 Å². The first-order valence-electron chi connectivity index (χ1n) is 23.9. The van der Waals surface area contributed by atoms with Gasteiger partial charge >= 0.3 is 17.9 Å². The first kappa shape index (κ1) is 54.2. The van der Waals surface area contributed by atoms with E-state index in [0.29, 0.717) is 69.7 Å². The number of carbonyl (C=O) groups is 3. The minimum atomic E-state index is -0.622. The lowest BCUT2D eigenvalue weighted by Crippen LogP contribution is -2.09. The third-order valence-corrected chi connectivity index (χ3v) is 12.1. The van der Waals surface area contributed by atoms with Gasteiger partial charge in [-0.15, -0.1) is 0 Å². The van der Waals surface area contributed by atoms with Crippen LogP contribution in [0.15, 0.2) is 131 Å². The van der Waals surface area contributed by atoms with Crippen LogP contribution in [0.4, 0.5) is 11.4 Å². The monoisotopic (exact) mass is 1040 g/mol. The van der Waals surface area contributed by atoms with Gasteiger partial charge in [0, 0.05) is 12.4 Å². The molecule has 0 amide bonds. The van der Waals surface area contributed by atoms with Crippen molar-refractivity contribution in [2.75, 3.05) is 13.2 Å². The molecule has 0 radical (unpaired) electrons. The number of rotatable bonds is 26. The Hall–Kier alpha value is -6.17. The molecule has 0 aliphatic carbocycles. The molecule has 0 fully saturated rings. The van der Waals surface area contributed by atoms with E-state index in [2.05, 4.69) is 23.8 Å². The minimum absolute atomic E-state index is 0.0124. The molecule has 0 N–H and O–H groups in total. The Balaban J connectivity index is 0.963. The van der Waals surface area contributed by atoms with Crippen molar-refractivity contribution < 1.29 is 38.1 Å². The molecule has 0 aromatic heterocycles. The maximum absolute atomic E-state index is 13.1. The number of esters is 3. The van der Waals surface area contributed by atoms with E-state index >= 15 is 0 Å². The molecule has 10 nitrogen and oxygen atoms in total. The summed E-state index contributed by atoms with van der Waals surface area (Å²) in [5.41, 5.74) is 3.07. The number of unbranched alkanes of at least 4 members (excludes halogenated alkanes) is 10. The van der Waals surface area contributed by atoms with E-state index in [9.17, 15) is 14.4 Å². The van der Waals surface area contributed by atoms with Crippen LogP contribution in [0.5, 0.6) is 28.7 Å². The van der Waals surface area contributed by atoms with Crippen molar-refractivity contribution in [3.8, 4) is 28.7 Å². The van der Waals surface area contributed by atoms with Crippen molar-refractivity contribution in [2.45, 2.75) is 90.9 Å². The van der Waals surface area contributed by atoms with Gasteiger partial charge in [-0.2, -0.15) is 0 Å². The van der Waals surface area contributed by atoms with E-state index in [0.717, 1.165) is 25.7 Å². The summed E-state index contributed by atoms with van der Waals surface area (Å²) < 4.78 is 28.4. The van der Waals surface area contributed by atoms with Gasteiger partial charge in [0.25, 0.3) is 0 Å². The summed E-state index contributed by atoms with van der Waals surface area (Å²) in [6.07, 6.45) is 17.2. The molecule has 0 heterocycles. The Morgan fingerprint density at radius 1 is 0.423 bits per heavy atom. The average molecular weight is 1040 g/mol. The summed E-state index contributed by atoms with van der Waals surface area (Å²) in [5, 5.41) is 0.456. The van der Waals surface area contributed by atoms with E-state index in [1.165, 1.54) is 63.5 Å². The number of benzene rings is 6. The summed E-state index contributed by atoms with van der Waals surface area (Å²) in [7, 11) is 0. The number of nitrogens with zero attached hydrogens (tertiary/aromatic N) is 2. The fourth-order valence-corrected chi connectivity index (χ4v) is 8.23. The highest BCUT2D eigenvalue weighted by Gasteiger charge is 2.18. The van der Waals surface area contributed by atoms with Crippen LogP contribution in [-0.2, 0) is 0 Å². The molecule has 0 aliphatic heterocycles. The molecule has 6 aromatic rings. The van der Waals surface area contributed by atoms with Gasteiger partial charge in [-0.05, 0) is 133 Å². The number of hydrogen-bond acceptors (Lipinski definition) is 10. The third-order valence-electron chi connectivity index (χ3n) is 11.0. The zero-order valence-corrected chi connectivity index (χ0v) is 42.8. The van der Waals surface area contributed by atoms with Gasteiger partial charge in [-0.3, -0.25) is 9.98 Å². The average Bonchev–Trinajstić information content (AvgIpc) is 3.37. The molecule has 14 heteroatoms. The number of ether oxygens (including phenoxy) is 5. The van der Waals surface area contributed by atoms with Crippen molar-refractivity contribution in [1.82, 2.24) is 0 Å². The van der Waals surface area contributed by atoms with E-state index in [4.69, 9.17) is 70.1 Å². The fourth-order valence-electron chi connectivity index (χ4n) is 7.10. The van der Waals surface area contributed by atoms with Crippen molar-refractivity contribution in [1.29, 1.82) is 0 Å². The Labute approximate surface area is 435 Å². The van der Waals surface area contributed by atoms with E-state index < -0.39 is 17.9 Å². The van der Waals surface area contributed by atoms with Crippen molar-refractivity contribution in [3.63, 3.8) is 0 Å².